The molecule has 0 saturated heterocycles. The Morgan fingerprint density at radius 1 is 1.38 bits per heavy atom. The fraction of sp³-hybridized carbons (Fsp3) is 0.125. The number of carbonyl (C=O) groups excluding carboxylic acids is 1. The number of nitro groups is 1. The van der Waals surface area contributed by atoms with Crippen molar-refractivity contribution in [2.45, 2.75) is 6.18 Å². The van der Waals surface area contributed by atoms with Crippen LogP contribution in [-0.4, -0.2) is 11.3 Å². The van der Waals surface area contributed by atoms with Crippen molar-refractivity contribution in [3.63, 3.8) is 0 Å². The topological polar surface area (TPSA) is 72.2 Å². The zero-order valence-corrected chi connectivity index (χ0v) is 7.54. The molecule has 0 aromatic heterocycles. The second-order valence-corrected chi connectivity index (χ2v) is 2.71. The van der Waals surface area contributed by atoms with E-state index in [4.69, 9.17) is 0 Å². The van der Waals surface area contributed by atoms with Crippen LogP contribution >= 0.6 is 0 Å². The Balaban J connectivity index is 3.27. The van der Waals surface area contributed by atoms with Crippen molar-refractivity contribution in [2.24, 2.45) is 0 Å². The molecule has 8 heteroatoms. The maximum absolute atomic E-state index is 12.2. The van der Waals surface area contributed by atoms with Crippen molar-refractivity contribution >= 4 is 17.8 Å². The van der Waals surface area contributed by atoms with Crippen LogP contribution in [0.25, 0.3) is 0 Å². The van der Waals surface area contributed by atoms with Gasteiger partial charge in [-0.15, -0.1) is 0 Å². The van der Waals surface area contributed by atoms with Crippen LogP contribution in [0, 0.1) is 10.1 Å². The van der Waals surface area contributed by atoms with Crippen molar-refractivity contribution < 1.29 is 22.9 Å². The Labute approximate surface area is 87.0 Å². The molecule has 0 heterocycles. The zero-order valence-electron chi connectivity index (χ0n) is 7.54. The highest BCUT2D eigenvalue weighted by molar-refractivity contribution is 5.78. The number of nitrogens with one attached hydrogen (secondary N) is 1. The second kappa shape index (κ2) is 4.17. The molecule has 0 bridgehead atoms. The van der Waals surface area contributed by atoms with Crippen LogP contribution in [0.4, 0.5) is 24.5 Å². The normalized spacial score (nSPS) is 10.9. The Bertz CT molecular complexity index is 431. The Hall–Kier alpha value is -2.12. The first-order chi connectivity index (χ1) is 7.36. The van der Waals surface area contributed by atoms with E-state index in [-0.39, 0.29) is 0 Å². The van der Waals surface area contributed by atoms with Gasteiger partial charge in [-0.2, -0.15) is 13.2 Å². The maximum Gasteiger partial charge on any atom is 0.416 e. The first-order valence-corrected chi connectivity index (χ1v) is 3.85. The summed E-state index contributed by atoms with van der Waals surface area (Å²) in [5, 5.41) is 12.1. The molecule has 1 aromatic rings. The summed E-state index contributed by atoms with van der Waals surface area (Å²) in [5.74, 6) is 0. The number of rotatable bonds is 3. The van der Waals surface area contributed by atoms with Gasteiger partial charge in [0.2, 0.25) is 0 Å². The lowest BCUT2D eigenvalue weighted by molar-refractivity contribution is -0.383. The molecule has 0 aliphatic carbocycles. The quantitative estimate of drug-likeness (QED) is 0.493. The van der Waals surface area contributed by atoms with Crippen LogP contribution in [0.2, 0.25) is 0 Å². The number of amides is 1. The predicted molar refractivity (Wildman–Crippen MR) is 47.4 cm³/mol. The van der Waals surface area contributed by atoms with Crippen LogP contribution in [0.3, 0.4) is 0 Å². The number of halogens is 3. The average molecular weight is 233 g/mol. The summed E-state index contributed by atoms with van der Waals surface area (Å²) >= 11 is 0. The minimum Gasteiger partial charge on any atom is -0.312 e. The van der Waals surface area contributed by atoms with Crippen molar-refractivity contribution in [3.05, 3.63) is 33.9 Å². The molecular weight excluding hydrogens is 229 g/mol. The van der Waals surface area contributed by atoms with Crippen LogP contribution in [0.1, 0.15) is 5.56 Å². The number of hydrogen-bond acceptors (Lipinski definition) is 3. The van der Waals surface area contributed by atoms with Crippen molar-refractivity contribution in [1.29, 1.82) is 0 Å². The van der Waals surface area contributed by atoms with Gasteiger partial charge in [-0.3, -0.25) is 14.9 Å². The minimum absolute atomic E-state index is 0.475. The van der Waals surface area contributed by atoms with Crippen molar-refractivity contribution in [3.8, 4) is 0 Å². The molecule has 1 N–H and O–H groups in total. The van der Waals surface area contributed by atoms with E-state index in [0.29, 0.717) is 18.2 Å². The molecule has 1 amide bonds. The third kappa shape index (κ3) is 2.47. The Morgan fingerprint density at radius 3 is 2.44 bits per heavy atom. The molecule has 0 fully saturated rings. The molecule has 1 radical (unpaired) electrons. The summed E-state index contributed by atoms with van der Waals surface area (Å²) < 4.78 is 36.7. The largest absolute Gasteiger partial charge is 0.416 e. The van der Waals surface area contributed by atoms with Gasteiger partial charge in [0.1, 0.15) is 5.69 Å². The van der Waals surface area contributed by atoms with Gasteiger partial charge in [0.25, 0.3) is 5.69 Å². The standard InChI is InChI=1S/C8H4F3N2O3/c9-8(10,11)5-1-2-7(13(15)16)6(3-5)12-4-14/h1-3H,(H,12,14). The number of anilines is 1. The van der Waals surface area contributed by atoms with Crippen LogP contribution in [0.15, 0.2) is 18.2 Å². The van der Waals surface area contributed by atoms with Gasteiger partial charge in [0.15, 0.2) is 0 Å². The molecule has 0 spiro atoms. The molecule has 0 atom stereocenters. The number of nitrogens with zero attached hydrogens (tertiary/aromatic N) is 1. The van der Waals surface area contributed by atoms with E-state index in [1.807, 2.05) is 0 Å². The third-order valence-electron chi connectivity index (χ3n) is 1.71. The number of hydrogen-bond donors (Lipinski definition) is 1. The first-order valence-electron chi connectivity index (χ1n) is 3.85. The molecule has 1 rings (SSSR count). The molecule has 0 aliphatic rings. The summed E-state index contributed by atoms with van der Waals surface area (Å²) in [6.07, 6.45) is -3.54. The van der Waals surface area contributed by atoms with E-state index in [1.54, 1.807) is 5.32 Å². The maximum atomic E-state index is 12.2. The molecule has 85 valence electrons. The van der Waals surface area contributed by atoms with Crippen molar-refractivity contribution in [2.75, 3.05) is 5.32 Å². The number of alkyl halides is 3. The van der Waals surface area contributed by atoms with Gasteiger partial charge in [-0.25, -0.2) is 0 Å². The molecule has 0 unspecified atom stereocenters. The van der Waals surface area contributed by atoms with Gasteiger partial charge in [-0.1, -0.05) is 0 Å². The molecular formula is C8H4F3N2O3. The summed E-state index contributed by atoms with van der Waals surface area (Å²) in [6.45, 7) is 0. The number of nitro benzene ring substituents is 1. The van der Waals surface area contributed by atoms with E-state index >= 15 is 0 Å². The zero-order chi connectivity index (χ0) is 12.3. The fourth-order valence-electron chi connectivity index (χ4n) is 1.03. The fourth-order valence-corrected chi connectivity index (χ4v) is 1.03. The molecule has 0 aliphatic heterocycles. The lowest BCUT2D eigenvalue weighted by Gasteiger charge is -2.08. The van der Waals surface area contributed by atoms with Gasteiger partial charge >= 0.3 is 12.6 Å². The molecule has 16 heavy (non-hydrogen) atoms. The Kier molecular flexibility index (Phi) is 3.11. The summed E-state index contributed by atoms with van der Waals surface area (Å²) in [4.78, 5) is 19.5. The van der Waals surface area contributed by atoms with Crippen molar-refractivity contribution in [1.82, 2.24) is 0 Å². The predicted octanol–water partition coefficient (Wildman–Crippen LogP) is 2.09. The van der Waals surface area contributed by atoms with Gasteiger partial charge < -0.3 is 5.32 Å². The Morgan fingerprint density at radius 2 is 2.00 bits per heavy atom. The van der Waals surface area contributed by atoms with E-state index in [9.17, 15) is 28.1 Å². The van der Waals surface area contributed by atoms with E-state index in [2.05, 4.69) is 0 Å². The highest BCUT2D eigenvalue weighted by Gasteiger charge is 2.32. The van der Waals surface area contributed by atoms with Crippen LogP contribution < -0.4 is 5.32 Å². The van der Waals surface area contributed by atoms with E-state index in [0.717, 1.165) is 6.41 Å². The SMILES string of the molecule is O=[C]Nc1cc(C(F)(F)F)ccc1[N+](=O)[O-]. The molecule has 1 aromatic carbocycles. The summed E-state index contributed by atoms with van der Waals surface area (Å²) in [7, 11) is 0. The third-order valence-corrected chi connectivity index (χ3v) is 1.71. The highest BCUT2D eigenvalue weighted by atomic mass is 19.4. The monoisotopic (exact) mass is 233 g/mol. The highest BCUT2D eigenvalue weighted by Crippen LogP contribution is 2.34. The second-order valence-electron chi connectivity index (χ2n) is 2.71. The van der Waals surface area contributed by atoms with Crippen LogP contribution in [-0.2, 0) is 11.0 Å². The summed E-state index contributed by atoms with van der Waals surface area (Å²) in [6, 6.07) is 1.71. The lowest BCUT2D eigenvalue weighted by atomic mass is 10.1. The first kappa shape index (κ1) is 12.0. The van der Waals surface area contributed by atoms with Gasteiger partial charge in [-0.05, 0) is 12.1 Å². The van der Waals surface area contributed by atoms with Crippen LogP contribution in [0.5, 0.6) is 0 Å². The average Bonchev–Trinajstić information content (AvgIpc) is 2.16. The van der Waals surface area contributed by atoms with Gasteiger partial charge in [0.05, 0.1) is 10.5 Å². The van der Waals surface area contributed by atoms with E-state index in [1.165, 1.54) is 0 Å². The summed E-state index contributed by atoms with van der Waals surface area (Å²) in [5.41, 5.74) is -2.26. The lowest BCUT2D eigenvalue weighted by Crippen LogP contribution is -2.07. The smallest absolute Gasteiger partial charge is 0.312 e. The minimum atomic E-state index is -4.63. The molecule has 0 saturated carbocycles. The van der Waals surface area contributed by atoms with Gasteiger partial charge in [0, 0.05) is 6.07 Å². The van der Waals surface area contributed by atoms with E-state index < -0.39 is 28.0 Å². The molecule has 5 nitrogen and oxygen atoms in total. The number of benzene rings is 1.